The summed E-state index contributed by atoms with van der Waals surface area (Å²) in [6.45, 7) is 3.15. The molecule has 0 saturated heterocycles. The number of hydrogen-bond donors (Lipinski definition) is 0. The lowest BCUT2D eigenvalue weighted by Gasteiger charge is -2.24. The zero-order valence-electron chi connectivity index (χ0n) is 8.44. The van der Waals surface area contributed by atoms with Gasteiger partial charge in [-0.3, -0.25) is 0 Å². The van der Waals surface area contributed by atoms with E-state index in [1.54, 1.807) is 0 Å². The average Bonchev–Trinajstić information content (AvgIpc) is 2.65. The lowest BCUT2D eigenvalue weighted by Crippen LogP contribution is -2.17. The molecule has 0 N–H and O–H groups in total. The zero-order chi connectivity index (χ0) is 10.4. The molecule has 0 bridgehead atoms. The minimum Gasteiger partial charge on any atom is -0.330 e. The van der Waals surface area contributed by atoms with E-state index < -0.39 is 0 Å². The summed E-state index contributed by atoms with van der Waals surface area (Å²) in [6.07, 6.45) is 3.93. The van der Waals surface area contributed by atoms with E-state index in [-0.39, 0.29) is 0 Å². The Hall–Kier alpha value is -1.09. The van der Waals surface area contributed by atoms with Gasteiger partial charge in [0, 0.05) is 29.3 Å². The van der Waals surface area contributed by atoms with Crippen molar-refractivity contribution < 1.29 is 0 Å². The molecular weight excluding hydrogens is 252 g/mol. The molecule has 0 saturated carbocycles. The Bertz CT molecular complexity index is 516. The number of aromatic nitrogens is 2. The van der Waals surface area contributed by atoms with Crippen molar-refractivity contribution in [3.05, 3.63) is 52.0 Å². The minimum absolute atomic E-state index is 0.400. The Kier molecular flexibility index (Phi) is 1.96. The SMILES string of the molecule is CC1c2ccc(Br)cc2Cn2ccnc21. The summed E-state index contributed by atoms with van der Waals surface area (Å²) >= 11 is 3.52. The molecule has 1 aliphatic rings. The van der Waals surface area contributed by atoms with Crippen molar-refractivity contribution >= 4 is 15.9 Å². The molecule has 2 nitrogen and oxygen atoms in total. The highest BCUT2D eigenvalue weighted by molar-refractivity contribution is 9.10. The first-order valence-electron chi connectivity index (χ1n) is 5.05. The van der Waals surface area contributed by atoms with Crippen molar-refractivity contribution in [2.75, 3.05) is 0 Å². The molecule has 3 rings (SSSR count). The molecule has 0 fully saturated rings. The first-order chi connectivity index (χ1) is 7.25. The monoisotopic (exact) mass is 262 g/mol. The van der Waals surface area contributed by atoms with E-state index in [4.69, 9.17) is 0 Å². The van der Waals surface area contributed by atoms with Gasteiger partial charge in [-0.25, -0.2) is 4.98 Å². The molecule has 2 aromatic rings. The third kappa shape index (κ3) is 1.34. The molecule has 0 radical (unpaired) electrons. The van der Waals surface area contributed by atoms with Crippen molar-refractivity contribution in [1.29, 1.82) is 0 Å². The zero-order valence-corrected chi connectivity index (χ0v) is 10.0. The van der Waals surface area contributed by atoms with Crippen molar-refractivity contribution in [2.24, 2.45) is 0 Å². The maximum atomic E-state index is 4.41. The minimum atomic E-state index is 0.400. The van der Waals surface area contributed by atoms with Crippen LogP contribution in [-0.4, -0.2) is 9.55 Å². The molecule has 3 heteroatoms. The van der Waals surface area contributed by atoms with E-state index in [1.165, 1.54) is 17.0 Å². The molecular formula is C12H11BrN2. The van der Waals surface area contributed by atoms with Gasteiger partial charge in [-0.15, -0.1) is 0 Å². The number of imidazole rings is 1. The van der Waals surface area contributed by atoms with Crippen LogP contribution in [0.3, 0.4) is 0 Å². The number of nitrogens with zero attached hydrogens (tertiary/aromatic N) is 2. The van der Waals surface area contributed by atoms with Crippen LogP contribution >= 0.6 is 15.9 Å². The second kappa shape index (κ2) is 3.20. The quantitative estimate of drug-likeness (QED) is 0.713. The molecule has 1 atom stereocenters. The van der Waals surface area contributed by atoms with E-state index >= 15 is 0 Å². The smallest absolute Gasteiger partial charge is 0.116 e. The third-order valence-corrected chi connectivity index (χ3v) is 3.54. The fourth-order valence-electron chi connectivity index (χ4n) is 2.29. The van der Waals surface area contributed by atoms with E-state index in [2.05, 4.69) is 56.8 Å². The standard InChI is InChI=1S/C12H11BrN2/c1-8-11-3-2-10(13)6-9(11)7-15-5-4-14-12(8)15/h2-6,8H,7H2,1H3. The topological polar surface area (TPSA) is 17.8 Å². The summed E-state index contributed by atoms with van der Waals surface area (Å²) in [5, 5.41) is 0. The predicted octanol–water partition coefficient (Wildman–Crippen LogP) is 3.16. The average molecular weight is 263 g/mol. The summed E-state index contributed by atoms with van der Waals surface area (Å²) in [7, 11) is 0. The van der Waals surface area contributed by atoms with Crippen molar-refractivity contribution in [3.8, 4) is 0 Å². The normalized spacial score (nSPS) is 18.4. The van der Waals surface area contributed by atoms with E-state index in [9.17, 15) is 0 Å². The van der Waals surface area contributed by atoms with Gasteiger partial charge >= 0.3 is 0 Å². The van der Waals surface area contributed by atoms with E-state index in [0.29, 0.717) is 5.92 Å². The number of fused-ring (bicyclic) bond motifs is 2. The Morgan fingerprint density at radius 3 is 3.20 bits per heavy atom. The number of benzene rings is 1. The number of hydrogen-bond acceptors (Lipinski definition) is 1. The van der Waals surface area contributed by atoms with Crippen molar-refractivity contribution in [1.82, 2.24) is 9.55 Å². The van der Waals surface area contributed by atoms with Gasteiger partial charge in [-0.1, -0.05) is 28.9 Å². The lowest BCUT2D eigenvalue weighted by molar-refractivity contribution is 0.642. The van der Waals surface area contributed by atoms with Gasteiger partial charge in [-0.05, 0) is 23.3 Å². The second-order valence-electron chi connectivity index (χ2n) is 3.98. The molecule has 1 unspecified atom stereocenters. The Labute approximate surface area is 97.1 Å². The molecule has 0 aliphatic carbocycles. The summed E-state index contributed by atoms with van der Waals surface area (Å²) in [6, 6.07) is 6.50. The Balaban J connectivity index is 2.19. The van der Waals surface area contributed by atoms with Crippen LogP contribution in [0.15, 0.2) is 35.1 Å². The fraction of sp³-hybridized carbons (Fsp3) is 0.250. The van der Waals surface area contributed by atoms with Crippen LogP contribution in [0.2, 0.25) is 0 Å². The number of halogens is 1. The first kappa shape index (κ1) is 9.16. The molecule has 1 aromatic heterocycles. The molecule has 1 aliphatic heterocycles. The molecule has 15 heavy (non-hydrogen) atoms. The van der Waals surface area contributed by atoms with Crippen LogP contribution in [0.25, 0.3) is 0 Å². The lowest BCUT2D eigenvalue weighted by atomic mass is 9.92. The fourth-order valence-corrected chi connectivity index (χ4v) is 2.70. The first-order valence-corrected chi connectivity index (χ1v) is 5.84. The van der Waals surface area contributed by atoms with Gasteiger partial charge in [0.15, 0.2) is 0 Å². The molecule has 76 valence electrons. The van der Waals surface area contributed by atoms with Crippen LogP contribution in [-0.2, 0) is 6.54 Å². The van der Waals surface area contributed by atoms with Gasteiger partial charge in [0.1, 0.15) is 5.82 Å². The van der Waals surface area contributed by atoms with Gasteiger partial charge in [0.05, 0.1) is 0 Å². The summed E-state index contributed by atoms with van der Waals surface area (Å²) in [5.41, 5.74) is 2.79. The van der Waals surface area contributed by atoms with Crippen LogP contribution in [0.4, 0.5) is 0 Å². The maximum Gasteiger partial charge on any atom is 0.116 e. The summed E-state index contributed by atoms with van der Waals surface area (Å²) < 4.78 is 3.37. The van der Waals surface area contributed by atoms with Gasteiger partial charge in [0.25, 0.3) is 0 Å². The molecule has 2 heterocycles. The van der Waals surface area contributed by atoms with Crippen LogP contribution < -0.4 is 0 Å². The molecule has 1 aromatic carbocycles. The van der Waals surface area contributed by atoms with Crippen molar-refractivity contribution in [3.63, 3.8) is 0 Å². The highest BCUT2D eigenvalue weighted by Crippen LogP contribution is 2.32. The highest BCUT2D eigenvalue weighted by atomic mass is 79.9. The van der Waals surface area contributed by atoms with Gasteiger partial charge in [0.2, 0.25) is 0 Å². The molecule has 0 spiro atoms. The predicted molar refractivity (Wildman–Crippen MR) is 63.0 cm³/mol. The summed E-state index contributed by atoms with van der Waals surface area (Å²) in [4.78, 5) is 4.41. The maximum absolute atomic E-state index is 4.41. The number of rotatable bonds is 0. The summed E-state index contributed by atoms with van der Waals surface area (Å²) in [5.74, 6) is 1.57. The third-order valence-electron chi connectivity index (χ3n) is 3.05. The van der Waals surface area contributed by atoms with E-state index in [0.717, 1.165) is 11.0 Å². The highest BCUT2D eigenvalue weighted by Gasteiger charge is 2.22. The van der Waals surface area contributed by atoms with Gasteiger partial charge in [-0.2, -0.15) is 0 Å². The van der Waals surface area contributed by atoms with Crippen molar-refractivity contribution in [2.45, 2.75) is 19.4 Å². The van der Waals surface area contributed by atoms with Crippen LogP contribution in [0.1, 0.15) is 29.8 Å². The second-order valence-corrected chi connectivity index (χ2v) is 4.89. The van der Waals surface area contributed by atoms with E-state index in [1.807, 2.05) is 6.20 Å². The van der Waals surface area contributed by atoms with Crippen LogP contribution in [0.5, 0.6) is 0 Å². The Morgan fingerprint density at radius 2 is 2.33 bits per heavy atom. The molecule has 0 amide bonds. The largest absolute Gasteiger partial charge is 0.330 e. The Morgan fingerprint density at radius 1 is 1.47 bits per heavy atom. The van der Waals surface area contributed by atoms with Gasteiger partial charge < -0.3 is 4.57 Å². The van der Waals surface area contributed by atoms with Crippen LogP contribution in [0, 0.1) is 0 Å².